The number of alkyl halides is 3. The van der Waals surface area contributed by atoms with Crippen LogP contribution in [0.25, 0.3) is 0 Å². The van der Waals surface area contributed by atoms with E-state index in [-0.39, 0.29) is 18.3 Å². The van der Waals surface area contributed by atoms with E-state index < -0.39 is 11.7 Å². The maximum absolute atomic E-state index is 12.9. The first-order valence-corrected chi connectivity index (χ1v) is 7.29. The Labute approximate surface area is 125 Å². The molecule has 0 fully saturated rings. The van der Waals surface area contributed by atoms with Crippen LogP contribution in [0.1, 0.15) is 21.2 Å². The van der Waals surface area contributed by atoms with Crippen LogP contribution in [-0.4, -0.2) is 13.2 Å². The van der Waals surface area contributed by atoms with Crippen molar-refractivity contribution in [3.63, 3.8) is 0 Å². The molecular weight excluding hydrogens is 299 g/mol. The summed E-state index contributed by atoms with van der Waals surface area (Å²) in [5, 5.41) is 0. The van der Waals surface area contributed by atoms with Crippen LogP contribution in [0.3, 0.4) is 0 Å². The summed E-state index contributed by atoms with van der Waals surface area (Å²) in [5.74, 6) is -0.262. The zero-order chi connectivity index (χ0) is 15.5. The smallest absolute Gasteiger partial charge is 0.419 e. The van der Waals surface area contributed by atoms with Gasteiger partial charge in [-0.2, -0.15) is 13.2 Å². The molecule has 2 N–H and O–H groups in total. The Morgan fingerprint density at radius 2 is 1.90 bits per heavy atom. The van der Waals surface area contributed by atoms with Crippen molar-refractivity contribution in [2.75, 3.05) is 13.2 Å². The number of thiophene rings is 1. The van der Waals surface area contributed by atoms with Crippen molar-refractivity contribution < 1.29 is 17.9 Å². The lowest BCUT2D eigenvalue weighted by molar-refractivity contribution is -0.139. The number of para-hydroxylation sites is 1. The maximum Gasteiger partial charge on any atom is 0.419 e. The Bertz CT molecular complexity index is 595. The molecule has 2 aromatic rings. The minimum atomic E-state index is -4.42. The molecule has 0 aliphatic heterocycles. The molecule has 2 nitrogen and oxygen atoms in total. The number of hydrogen-bond donors (Lipinski definition) is 1. The van der Waals surface area contributed by atoms with Gasteiger partial charge in [-0.15, -0.1) is 11.3 Å². The van der Waals surface area contributed by atoms with E-state index in [1.54, 1.807) is 11.3 Å². The molecule has 0 bridgehead atoms. The Kier molecular flexibility index (Phi) is 4.90. The minimum absolute atomic E-state index is 0.106. The van der Waals surface area contributed by atoms with Gasteiger partial charge in [0.2, 0.25) is 0 Å². The molecule has 0 aliphatic rings. The normalized spacial score (nSPS) is 13.2. The SMILES string of the molecule is Cc1ccc(C(CN)COc2ccccc2C(F)(F)F)s1. The fourth-order valence-corrected chi connectivity index (χ4v) is 2.93. The summed E-state index contributed by atoms with van der Waals surface area (Å²) >= 11 is 1.58. The minimum Gasteiger partial charge on any atom is -0.492 e. The highest BCUT2D eigenvalue weighted by molar-refractivity contribution is 7.12. The van der Waals surface area contributed by atoms with Gasteiger partial charge in [0.1, 0.15) is 5.75 Å². The first-order chi connectivity index (χ1) is 9.91. The van der Waals surface area contributed by atoms with Crippen molar-refractivity contribution in [3.05, 3.63) is 51.7 Å². The van der Waals surface area contributed by atoms with Crippen LogP contribution >= 0.6 is 11.3 Å². The summed E-state index contributed by atoms with van der Waals surface area (Å²) in [6.07, 6.45) is -4.42. The Morgan fingerprint density at radius 1 is 1.19 bits per heavy atom. The molecule has 0 saturated carbocycles. The lowest BCUT2D eigenvalue weighted by Gasteiger charge is -2.17. The molecule has 2 rings (SSSR count). The number of ether oxygens (including phenoxy) is 1. The topological polar surface area (TPSA) is 35.2 Å². The highest BCUT2D eigenvalue weighted by atomic mass is 32.1. The van der Waals surface area contributed by atoms with E-state index in [1.165, 1.54) is 18.2 Å². The van der Waals surface area contributed by atoms with Gasteiger partial charge in [0, 0.05) is 22.2 Å². The van der Waals surface area contributed by atoms with E-state index in [2.05, 4.69) is 0 Å². The molecule has 1 atom stereocenters. The maximum atomic E-state index is 12.9. The van der Waals surface area contributed by atoms with Crippen LogP contribution in [0.2, 0.25) is 0 Å². The highest BCUT2D eigenvalue weighted by Crippen LogP contribution is 2.36. The van der Waals surface area contributed by atoms with Gasteiger partial charge in [0.05, 0.1) is 12.2 Å². The molecule has 0 saturated heterocycles. The summed E-state index contributed by atoms with van der Waals surface area (Å²) in [5.41, 5.74) is 4.95. The van der Waals surface area contributed by atoms with Crippen LogP contribution in [0, 0.1) is 6.92 Å². The van der Waals surface area contributed by atoms with Gasteiger partial charge in [-0.1, -0.05) is 12.1 Å². The third kappa shape index (κ3) is 3.98. The summed E-state index contributed by atoms with van der Waals surface area (Å²) in [4.78, 5) is 2.17. The van der Waals surface area contributed by atoms with Gasteiger partial charge in [-0.05, 0) is 31.2 Å². The van der Waals surface area contributed by atoms with Crippen LogP contribution in [0.15, 0.2) is 36.4 Å². The van der Waals surface area contributed by atoms with E-state index in [0.717, 1.165) is 15.8 Å². The number of aryl methyl sites for hydroxylation is 1. The van der Waals surface area contributed by atoms with E-state index in [9.17, 15) is 13.2 Å². The van der Waals surface area contributed by atoms with Crippen LogP contribution in [0.4, 0.5) is 13.2 Å². The van der Waals surface area contributed by atoms with Gasteiger partial charge in [0.15, 0.2) is 0 Å². The molecule has 0 amide bonds. The second-order valence-corrected chi connectivity index (χ2v) is 6.01. The van der Waals surface area contributed by atoms with Crippen molar-refractivity contribution >= 4 is 11.3 Å². The molecule has 114 valence electrons. The number of benzene rings is 1. The Hall–Kier alpha value is -1.53. The number of hydrogen-bond acceptors (Lipinski definition) is 3. The highest BCUT2D eigenvalue weighted by Gasteiger charge is 2.34. The van der Waals surface area contributed by atoms with Crippen molar-refractivity contribution in [1.82, 2.24) is 0 Å². The third-order valence-electron chi connectivity index (χ3n) is 3.08. The first-order valence-electron chi connectivity index (χ1n) is 6.47. The lowest BCUT2D eigenvalue weighted by atomic mass is 10.1. The molecular formula is C15H16F3NOS. The van der Waals surface area contributed by atoms with Crippen LogP contribution in [-0.2, 0) is 6.18 Å². The predicted octanol–water partition coefficient (Wildman–Crippen LogP) is 4.20. The molecule has 0 radical (unpaired) electrons. The van der Waals surface area contributed by atoms with Crippen LogP contribution in [0.5, 0.6) is 5.75 Å². The van der Waals surface area contributed by atoms with Gasteiger partial charge in [-0.25, -0.2) is 0 Å². The van der Waals surface area contributed by atoms with E-state index >= 15 is 0 Å². The summed E-state index contributed by atoms with van der Waals surface area (Å²) in [6, 6.07) is 9.12. The van der Waals surface area contributed by atoms with Crippen molar-refractivity contribution in [2.45, 2.75) is 19.0 Å². The summed E-state index contributed by atoms with van der Waals surface area (Å²) in [7, 11) is 0. The molecule has 6 heteroatoms. The Morgan fingerprint density at radius 3 is 2.48 bits per heavy atom. The molecule has 0 aliphatic carbocycles. The standard InChI is InChI=1S/C15H16F3NOS/c1-10-6-7-14(21-10)11(8-19)9-20-13-5-3-2-4-12(13)15(16,17)18/h2-7,11H,8-9,19H2,1H3. The number of nitrogens with two attached hydrogens (primary N) is 1. The zero-order valence-corrected chi connectivity index (χ0v) is 12.3. The van der Waals surface area contributed by atoms with E-state index in [1.807, 2.05) is 19.1 Å². The fourth-order valence-electron chi connectivity index (χ4n) is 1.96. The third-order valence-corrected chi connectivity index (χ3v) is 4.24. The van der Waals surface area contributed by atoms with E-state index in [4.69, 9.17) is 10.5 Å². The largest absolute Gasteiger partial charge is 0.492 e. The lowest BCUT2D eigenvalue weighted by Crippen LogP contribution is -2.19. The molecule has 21 heavy (non-hydrogen) atoms. The molecule has 0 spiro atoms. The molecule has 1 unspecified atom stereocenters. The second kappa shape index (κ2) is 6.49. The Balaban J connectivity index is 2.12. The quantitative estimate of drug-likeness (QED) is 0.897. The zero-order valence-electron chi connectivity index (χ0n) is 11.5. The van der Waals surface area contributed by atoms with Crippen molar-refractivity contribution in [2.24, 2.45) is 5.73 Å². The van der Waals surface area contributed by atoms with Crippen LogP contribution < -0.4 is 10.5 Å². The van der Waals surface area contributed by atoms with Gasteiger partial charge < -0.3 is 10.5 Å². The number of rotatable bonds is 5. The molecule has 1 heterocycles. The van der Waals surface area contributed by atoms with Gasteiger partial charge in [0.25, 0.3) is 0 Å². The molecule has 1 aromatic carbocycles. The average molecular weight is 315 g/mol. The number of halogens is 3. The summed E-state index contributed by atoms with van der Waals surface area (Å²) in [6.45, 7) is 2.43. The molecule has 1 aromatic heterocycles. The second-order valence-electron chi connectivity index (χ2n) is 4.69. The first kappa shape index (κ1) is 15.9. The van der Waals surface area contributed by atoms with E-state index in [0.29, 0.717) is 6.54 Å². The van der Waals surface area contributed by atoms with Crippen molar-refractivity contribution in [1.29, 1.82) is 0 Å². The fraction of sp³-hybridized carbons (Fsp3) is 0.333. The monoisotopic (exact) mass is 315 g/mol. The summed E-state index contributed by atoms with van der Waals surface area (Å²) < 4.78 is 44.0. The van der Waals surface area contributed by atoms with Gasteiger partial charge in [-0.3, -0.25) is 0 Å². The van der Waals surface area contributed by atoms with Gasteiger partial charge >= 0.3 is 6.18 Å². The van der Waals surface area contributed by atoms with Crippen molar-refractivity contribution in [3.8, 4) is 5.75 Å². The predicted molar refractivity (Wildman–Crippen MR) is 77.8 cm³/mol. The average Bonchev–Trinajstić information content (AvgIpc) is 2.85.